The molecule has 0 saturated heterocycles. The fourth-order valence-corrected chi connectivity index (χ4v) is 4.46. The van der Waals surface area contributed by atoms with E-state index in [9.17, 15) is 0 Å². The monoisotopic (exact) mass is 388 g/mol. The SMILES string of the molecule is CCCCCCCCCCCC[N+](CCCC)(CCCC)Cc1ccccc1. The average Bonchev–Trinajstić information content (AvgIpc) is 2.72. The minimum absolute atomic E-state index is 1.23. The Morgan fingerprint density at radius 2 is 0.929 bits per heavy atom. The Balaban J connectivity index is 2.43. The normalized spacial score (nSPS) is 11.8. The van der Waals surface area contributed by atoms with E-state index >= 15 is 0 Å². The molecule has 0 heterocycles. The molecule has 0 aromatic heterocycles. The van der Waals surface area contributed by atoms with Gasteiger partial charge in [0.25, 0.3) is 0 Å². The second-order valence-electron chi connectivity index (χ2n) is 9.05. The molecule has 0 aliphatic carbocycles. The quantitative estimate of drug-likeness (QED) is 0.164. The van der Waals surface area contributed by atoms with E-state index in [0.29, 0.717) is 0 Å². The minimum atomic E-state index is 1.23. The molecule has 0 aliphatic heterocycles. The van der Waals surface area contributed by atoms with Crippen molar-refractivity contribution in [3.8, 4) is 0 Å². The molecule has 0 unspecified atom stereocenters. The second-order valence-corrected chi connectivity index (χ2v) is 9.05. The maximum absolute atomic E-state index is 2.34. The lowest BCUT2D eigenvalue weighted by atomic mass is 10.0. The lowest BCUT2D eigenvalue weighted by Crippen LogP contribution is -2.49. The Kier molecular flexibility index (Phi) is 15.4. The van der Waals surface area contributed by atoms with Gasteiger partial charge >= 0.3 is 0 Å². The van der Waals surface area contributed by atoms with Gasteiger partial charge in [0, 0.05) is 5.56 Å². The molecule has 1 heteroatoms. The van der Waals surface area contributed by atoms with Gasteiger partial charge in [0.1, 0.15) is 6.54 Å². The van der Waals surface area contributed by atoms with E-state index in [0.717, 1.165) is 0 Å². The zero-order valence-corrected chi connectivity index (χ0v) is 19.6. The van der Waals surface area contributed by atoms with Crippen LogP contribution in [0.5, 0.6) is 0 Å². The first-order chi connectivity index (χ1) is 13.8. The Morgan fingerprint density at radius 3 is 1.43 bits per heavy atom. The van der Waals surface area contributed by atoms with Crippen molar-refractivity contribution in [2.24, 2.45) is 0 Å². The van der Waals surface area contributed by atoms with Crippen LogP contribution in [0.1, 0.15) is 116 Å². The molecule has 0 spiro atoms. The van der Waals surface area contributed by atoms with Crippen LogP contribution in [0, 0.1) is 0 Å². The summed E-state index contributed by atoms with van der Waals surface area (Å²) in [5.41, 5.74) is 1.53. The molecule has 0 atom stereocenters. The van der Waals surface area contributed by atoms with Crippen molar-refractivity contribution in [1.29, 1.82) is 0 Å². The first-order valence-electron chi connectivity index (χ1n) is 12.7. The van der Waals surface area contributed by atoms with Gasteiger partial charge in [-0.3, -0.25) is 0 Å². The van der Waals surface area contributed by atoms with Gasteiger partial charge in [-0.1, -0.05) is 115 Å². The highest BCUT2D eigenvalue weighted by Gasteiger charge is 2.26. The van der Waals surface area contributed by atoms with Gasteiger partial charge in [-0.2, -0.15) is 0 Å². The van der Waals surface area contributed by atoms with E-state index in [2.05, 4.69) is 51.1 Å². The highest BCUT2D eigenvalue weighted by Crippen LogP contribution is 2.21. The largest absolute Gasteiger partial charge is 0.320 e. The van der Waals surface area contributed by atoms with Crippen molar-refractivity contribution < 1.29 is 4.48 Å². The first kappa shape index (κ1) is 25.2. The Morgan fingerprint density at radius 1 is 0.500 bits per heavy atom. The maximum Gasteiger partial charge on any atom is 0.104 e. The number of benzene rings is 1. The highest BCUT2D eigenvalue weighted by atomic mass is 15.3. The molecule has 28 heavy (non-hydrogen) atoms. The van der Waals surface area contributed by atoms with Gasteiger partial charge in [0.15, 0.2) is 0 Å². The van der Waals surface area contributed by atoms with Crippen molar-refractivity contribution in [2.45, 2.75) is 117 Å². The third-order valence-electron chi connectivity index (χ3n) is 6.32. The summed E-state index contributed by atoms with van der Waals surface area (Å²) in [5.74, 6) is 0. The van der Waals surface area contributed by atoms with Gasteiger partial charge in [0.2, 0.25) is 0 Å². The van der Waals surface area contributed by atoms with Crippen LogP contribution >= 0.6 is 0 Å². The van der Waals surface area contributed by atoms with Crippen LogP contribution in [0.4, 0.5) is 0 Å². The Bertz CT molecular complexity index is 431. The van der Waals surface area contributed by atoms with Crippen molar-refractivity contribution in [3.05, 3.63) is 35.9 Å². The molecule has 1 aromatic rings. The zero-order chi connectivity index (χ0) is 20.3. The number of quaternary nitrogens is 1. The van der Waals surface area contributed by atoms with Crippen molar-refractivity contribution >= 4 is 0 Å². The fraction of sp³-hybridized carbons (Fsp3) is 0.778. The number of unbranched alkanes of at least 4 members (excludes halogenated alkanes) is 11. The molecular formula is C27H50N+. The smallest absolute Gasteiger partial charge is 0.104 e. The van der Waals surface area contributed by atoms with E-state index in [1.54, 1.807) is 0 Å². The van der Waals surface area contributed by atoms with E-state index in [-0.39, 0.29) is 0 Å². The summed E-state index contributed by atoms with van der Waals surface area (Å²) in [6, 6.07) is 11.2. The third kappa shape index (κ3) is 11.9. The molecular weight excluding hydrogens is 338 g/mol. The number of hydrogen-bond acceptors (Lipinski definition) is 0. The van der Waals surface area contributed by atoms with E-state index < -0.39 is 0 Å². The molecule has 0 saturated carbocycles. The molecule has 0 amide bonds. The van der Waals surface area contributed by atoms with E-state index in [1.165, 1.54) is 126 Å². The predicted octanol–water partition coefficient (Wildman–Crippen LogP) is 8.52. The van der Waals surface area contributed by atoms with Crippen LogP contribution in [0.25, 0.3) is 0 Å². The lowest BCUT2D eigenvalue weighted by Gasteiger charge is -2.39. The van der Waals surface area contributed by atoms with Gasteiger partial charge in [-0.05, 0) is 25.7 Å². The molecule has 0 aliphatic rings. The molecule has 0 fully saturated rings. The van der Waals surface area contributed by atoms with Crippen LogP contribution in [0.3, 0.4) is 0 Å². The summed E-state index contributed by atoms with van der Waals surface area (Å²) < 4.78 is 1.32. The summed E-state index contributed by atoms with van der Waals surface area (Å²) in [4.78, 5) is 0. The number of rotatable bonds is 19. The van der Waals surface area contributed by atoms with Crippen molar-refractivity contribution in [3.63, 3.8) is 0 Å². The highest BCUT2D eigenvalue weighted by molar-refractivity contribution is 5.13. The second kappa shape index (κ2) is 17.1. The van der Waals surface area contributed by atoms with Crippen LogP contribution in [-0.2, 0) is 6.54 Å². The summed E-state index contributed by atoms with van der Waals surface area (Å²) in [6.45, 7) is 12.3. The molecule has 1 rings (SSSR count). The predicted molar refractivity (Wildman–Crippen MR) is 127 cm³/mol. The molecule has 0 bridgehead atoms. The standard InChI is InChI=1S/C27H50N/c1-4-7-10-11-12-13-14-15-16-20-25-28(23-8-5-2,24-9-6-3)26-27-21-18-17-19-22-27/h17-19,21-22H,4-16,20,23-26H2,1-3H3/q+1. The van der Waals surface area contributed by atoms with Crippen LogP contribution in [0.2, 0.25) is 0 Å². The molecule has 1 nitrogen and oxygen atoms in total. The van der Waals surface area contributed by atoms with E-state index in [4.69, 9.17) is 0 Å². The molecule has 0 N–H and O–H groups in total. The van der Waals surface area contributed by atoms with Crippen molar-refractivity contribution in [2.75, 3.05) is 19.6 Å². The molecule has 0 radical (unpaired) electrons. The number of nitrogens with zero attached hydrogens (tertiary/aromatic N) is 1. The summed E-state index contributed by atoms with van der Waals surface area (Å²) >= 11 is 0. The first-order valence-corrected chi connectivity index (χ1v) is 12.7. The van der Waals surface area contributed by atoms with Crippen LogP contribution in [0.15, 0.2) is 30.3 Å². The summed E-state index contributed by atoms with van der Waals surface area (Å²) in [7, 11) is 0. The van der Waals surface area contributed by atoms with Gasteiger partial charge in [-0.15, -0.1) is 0 Å². The summed E-state index contributed by atoms with van der Waals surface area (Å²) in [6.07, 6.45) is 19.7. The lowest BCUT2D eigenvalue weighted by molar-refractivity contribution is -0.941. The van der Waals surface area contributed by atoms with Crippen LogP contribution < -0.4 is 0 Å². The third-order valence-corrected chi connectivity index (χ3v) is 6.32. The van der Waals surface area contributed by atoms with Gasteiger partial charge < -0.3 is 4.48 Å². The van der Waals surface area contributed by atoms with Gasteiger partial charge in [-0.25, -0.2) is 0 Å². The fourth-order valence-electron chi connectivity index (χ4n) is 4.46. The van der Waals surface area contributed by atoms with E-state index in [1.807, 2.05) is 0 Å². The topological polar surface area (TPSA) is 0 Å². The number of hydrogen-bond donors (Lipinski definition) is 0. The van der Waals surface area contributed by atoms with Crippen LogP contribution in [-0.4, -0.2) is 24.1 Å². The summed E-state index contributed by atoms with van der Waals surface area (Å²) in [5, 5.41) is 0. The molecule has 1 aromatic carbocycles. The van der Waals surface area contributed by atoms with Gasteiger partial charge in [0.05, 0.1) is 19.6 Å². The Hall–Kier alpha value is -0.820. The maximum atomic E-state index is 2.34. The minimum Gasteiger partial charge on any atom is -0.320 e. The molecule has 162 valence electrons. The van der Waals surface area contributed by atoms with Crippen molar-refractivity contribution in [1.82, 2.24) is 0 Å². The Labute approximate surface area is 177 Å². The average molecular weight is 389 g/mol. The zero-order valence-electron chi connectivity index (χ0n) is 19.6.